The standard InChI is InChI=1S/C22H20Cl2NO3P/c1-15(26)25(11-10-22(29-27)19-8-9-20(23)21(24)13-19)28-14-16-6-7-17-4-2-3-5-18(17)12-16/h2-9,12-13,22H,10-11,14H2,1H3. The lowest BCUT2D eigenvalue weighted by atomic mass is 10.1. The molecular formula is C22H20Cl2NO3P. The van der Waals surface area contributed by atoms with E-state index in [2.05, 4.69) is 0 Å². The Kier molecular flexibility index (Phi) is 7.63. The maximum absolute atomic E-state index is 12.0. The maximum atomic E-state index is 12.0. The van der Waals surface area contributed by atoms with Gasteiger partial charge in [0.05, 0.1) is 15.7 Å². The smallest absolute Gasteiger partial charge is 0.243 e. The van der Waals surface area contributed by atoms with Crippen LogP contribution in [-0.2, 0) is 20.8 Å². The zero-order valence-electron chi connectivity index (χ0n) is 15.8. The van der Waals surface area contributed by atoms with E-state index in [4.69, 9.17) is 28.0 Å². The van der Waals surface area contributed by atoms with Gasteiger partial charge >= 0.3 is 0 Å². The number of nitrogens with zero attached hydrogens (tertiary/aromatic N) is 1. The first kappa shape index (κ1) is 21.7. The number of hydrogen-bond donors (Lipinski definition) is 0. The fourth-order valence-electron chi connectivity index (χ4n) is 3.03. The number of rotatable bonds is 8. The van der Waals surface area contributed by atoms with Crippen molar-refractivity contribution in [2.24, 2.45) is 0 Å². The highest BCUT2D eigenvalue weighted by Crippen LogP contribution is 2.34. The first-order valence-corrected chi connectivity index (χ1v) is 10.8. The molecule has 0 bridgehead atoms. The molecule has 0 saturated carbocycles. The van der Waals surface area contributed by atoms with Crippen LogP contribution >= 0.6 is 31.7 Å². The average molecular weight is 448 g/mol. The van der Waals surface area contributed by atoms with Gasteiger partial charge < -0.3 is 0 Å². The number of hydroxylamine groups is 2. The fraction of sp³-hybridized carbons (Fsp3) is 0.227. The molecule has 4 nitrogen and oxygen atoms in total. The van der Waals surface area contributed by atoms with E-state index >= 15 is 0 Å². The highest BCUT2D eigenvalue weighted by Gasteiger charge is 2.17. The van der Waals surface area contributed by atoms with Gasteiger partial charge in [0.15, 0.2) is 8.46 Å². The minimum atomic E-state index is -0.309. The van der Waals surface area contributed by atoms with Crippen molar-refractivity contribution in [3.05, 3.63) is 81.8 Å². The van der Waals surface area contributed by atoms with Crippen LogP contribution in [0, 0.1) is 0 Å². The van der Waals surface area contributed by atoms with E-state index in [9.17, 15) is 9.36 Å². The summed E-state index contributed by atoms with van der Waals surface area (Å²) in [7, 11) is -0.0535. The number of carbonyl (C=O) groups is 1. The second-order valence-corrected chi connectivity index (χ2v) is 8.31. The van der Waals surface area contributed by atoms with Crippen molar-refractivity contribution in [2.45, 2.75) is 25.6 Å². The van der Waals surface area contributed by atoms with Gasteiger partial charge in [-0.25, -0.2) is 5.06 Å². The van der Waals surface area contributed by atoms with E-state index in [0.29, 0.717) is 23.0 Å². The lowest BCUT2D eigenvalue weighted by molar-refractivity contribution is -0.189. The van der Waals surface area contributed by atoms with Gasteiger partial charge in [0.2, 0.25) is 5.91 Å². The van der Waals surface area contributed by atoms with Crippen molar-refractivity contribution in [1.82, 2.24) is 5.06 Å². The third-order valence-corrected chi connectivity index (χ3v) is 6.16. The van der Waals surface area contributed by atoms with E-state index in [1.54, 1.807) is 18.2 Å². The molecule has 0 N–H and O–H groups in total. The van der Waals surface area contributed by atoms with Crippen LogP contribution in [-0.4, -0.2) is 17.5 Å². The summed E-state index contributed by atoms with van der Waals surface area (Å²) in [5, 5.41) is 4.44. The monoisotopic (exact) mass is 447 g/mol. The van der Waals surface area contributed by atoms with Crippen LogP contribution in [0.2, 0.25) is 10.0 Å². The minimum absolute atomic E-state index is 0.0535. The summed E-state index contributed by atoms with van der Waals surface area (Å²) in [5.74, 6) is -0.207. The van der Waals surface area contributed by atoms with Crippen LogP contribution in [0.5, 0.6) is 0 Å². The van der Waals surface area contributed by atoms with E-state index in [1.807, 2.05) is 42.5 Å². The summed E-state index contributed by atoms with van der Waals surface area (Å²) in [6, 6.07) is 19.3. The van der Waals surface area contributed by atoms with E-state index in [-0.39, 0.29) is 26.6 Å². The Balaban J connectivity index is 1.63. The summed E-state index contributed by atoms with van der Waals surface area (Å²) in [6.07, 6.45) is 0.459. The zero-order valence-corrected chi connectivity index (χ0v) is 18.3. The maximum Gasteiger partial charge on any atom is 0.243 e. The van der Waals surface area contributed by atoms with Crippen LogP contribution in [0.15, 0.2) is 60.7 Å². The molecule has 7 heteroatoms. The van der Waals surface area contributed by atoms with Crippen LogP contribution in [0.3, 0.4) is 0 Å². The average Bonchev–Trinajstić information content (AvgIpc) is 2.72. The Bertz CT molecular complexity index is 1030. The highest BCUT2D eigenvalue weighted by atomic mass is 35.5. The minimum Gasteiger partial charge on any atom is -0.274 e. The largest absolute Gasteiger partial charge is 0.274 e. The predicted molar refractivity (Wildman–Crippen MR) is 118 cm³/mol. The van der Waals surface area contributed by atoms with Gasteiger partial charge in [-0.1, -0.05) is 65.7 Å². The molecular weight excluding hydrogens is 428 g/mol. The van der Waals surface area contributed by atoms with Gasteiger partial charge in [-0.05, 0) is 46.5 Å². The number of benzene rings is 3. The molecule has 3 aromatic carbocycles. The Hall–Kier alpha value is -1.97. The molecule has 3 aromatic rings. The first-order valence-electron chi connectivity index (χ1n) is 9.14. The molecule has 0 heterocycles. The normalized spacial score (nSPS) is 12.2. The molecule has 0 saturated heterocycles. The third-order valence-electron chi connectivity index (χ3n) is 4.61. The molecule has 0 fully saturated rings. The molecule has 1 atom stereocenters. The third kappa shape index (κ3) is 5.77. The molecule has 0 aromatic heterocycles. The molecule has 3 rings (SSSR count). The second-order valence-electron chi connectivity index (χ2n) is 6.66. The quantitative estimate of drug-likeness (QED) is 0.280. The van der Waals surface area contributed by atoms with Crippen LogP contribution in [0.4, 0.5) is 0 Å². The molecule has 0 spiro atoms. The molecule has 150 valence electrons. The van der Waals surface area contributed by atoms with Gasteiger partial charge in [-0.2, -0.15) is 0 Å². The fourth-order valence-corrected chi connectivity index (χ4v) is 3.84. The lowest BCUT2D eigenvalue weighted by Gasteiger charge is -2.22. The number of carbonyl (C=O) groups excluding carboxylic acids is 1. The molecule has 0 aliphatic heterocycles. The first-order chi connectivity index (χ1) is 14.0. The van der Waals surface area contributed by atoms with Crippen molar-refractivity contribution in [2.75, 3.05) is 6.54 Å². The summed E-state index contributed by atoms with van der Waals surface area (Å²) in [5.41, 5.74) is 1.46. The molecule has 1 amide bonds. The summed E-state index contributed by atoms with van der Waals surface area (Å²) >= 11 is 12.0. The Morgan fingerprint density at radius 3 is 2.48 bits per heavy atom. The van der Waals surface area contributed by atoms with Gasteiger partial charge in [0.1, 0.15) is 6.61 Å². The lowest BCUT2D eigenvalue weighted by Crippen LogP contribution is -2.30. The number of halogens is 2. The Morgan fingerprint density at radius 1 is 1.03 bits per heavy atom. The van der Waals surface area contributed by atoms with Crippen molar-refractivity contribution < 1.29 is 14.2 Å². The summed E-state index contributed by atoms with van der Waals surface area (Å²) in [6.45, 7) is 2.03. The molecule has 1 unspecified atom stereocenters. The van der Waals surface area contributed by atoms with Crippen molar-refractivity contribution >= 4 is 48.3 Å². The van der Waals surface area contributed by atoms with Crippen molar-refractivity contribution in [3.63, 3.8) is 0 Å². The second kappa shape index (κ2) is 10.2. The van der Waals surface area contributed by atoms with Gasteiger partial charge in [0, 0.05) is 13.5 Å². The van der Waals surface area contributed by atoms with Gasteiger partial charge in [0.25, 0.3) is 0 Å². The molecule has 0 aliphatic carbocycles. The highest BCUT2D eigenvalue weighted by molar-refractivity contribution is 7.24. The topological polar surface area (TPSA) is 46.6 Å². The summed E-state index contributed by atoms with van der Waals surface area (Å²) < 4.78 is 11.7. The predicted octanol–water partition coefficient (Wildman–Crippen LogP) is 6.85. The van der Waals surface area contributed by atoms with Crippen LogP contribution in [0.1, 0.15) is 30.1 Å². The molecule has 0 aliphatic rings. The Labute approximate surface area is 181 Å². The zero-order chi connectivity index (χ0) is 20.8. The van der Waals surface area contributed by atoms with Crippen molar-refractivity contribution in [3.8, 4) is 0 Å². The van der Waals surface area contributed by atoms with Gasteiger partial charge in [-0.3, -0.25) is 14.2 Å². The van der Waals surface area contributed by atoms with E-state index < -0.39 is 0 Å². The number of amides is 1. The number of fused-ring (bicyclic) bond motifs is 1. The molecule has 29 heavy (non-hydrogen) atoms. The van der Waals surface area contributed by atoms with E-state index in [0.717, 1.165) is 21.9 Å². The molecule has 0 radical (unpaired) electrons. The Morgan fingerprint density at radius 2 is 1.79 bits per heavy atom. The SMILES string of the molecule is CC(=O)N(CCC(P=O)c1ccc(Cl)c(Cl)c1)OCc1ccc2ccccc2c1. The van der Waals surface area contributed by atoms with Gasteiger partial charge in [-0.15, -0.1) is 0 Å². The van der Waals surface area contributed by atoms with E-state index in [1.165, 1.54) is 12.0 Å². The van der Waals surface area contributed by atoms with Crippen molar-refractivity contribution in [1.29, 1.82) is 0 Å². The summed E-state index contributed by atoms with van der Waals surface area (Å²) in [4.78, 5) is 17.7. The number of hydrogen-bond acceptors (Lipinski definition) is 3. The van der Waals surface area contributed by atoms with Crippen LogP contribution < -0.4 is 0 Å². The van der Waals surface area contributed by atoms with Crippen LogP contribution in [0.25, 0.3) is 10.8 Å².